The zero-order valence-corrected chi connectivity index (χ0v) is 70.9. The molecule has 12 atom stereocenters. The number of nitro groups is 1. The number of phenols is 1. The molecule has 13 amide bonds. The highest BCUT2D eigenvalue weighted by Crippen LogP contribution is 2.36. The highest BCUT2D eigenvalue weighted by molar-refractivity contribution is 8.76. The summed E-state index contributed by atoms with van der Waals surface area (Å²) in [6.45, 7) is 6.24. The number of pyridine rings is 1. The number of aromatic hydroxyl groups is 1. The van der Waals surface area contributed by atoms with Crippen molar-refractivity contribution in [1.29, 1.82) is 16.2 Å². The number of hydrogen-bond acceptors (Lipinski definition) is 25. The van der Waals surface area contributed by atoms with Crippen LogP contribution >= 0.6 is 21.6 Å². The molecule has 2 heterocycles. The first-order chi connectivity index (χ1) is 58.0. The Kier molecular flexibility index (Phi) is 46.5. The molecular weight excluding hydrogens is 1620 g/mol. The lowest BCUT2D eigenvalue weighted by Crippen LogP contribution is -2.61. The normalized spacial score (nSPS) is 15.0. The van der Waals surface area contributed by atoms with E-state index in [0.29, 0.717) is 36.9 Å². The maximum Gasteiger partial charge on any atom is 0.302 e. The van der Waals surface area contributed by atoms with Gasteiger partial charge >= 0.3 is 5.69 Å². The highest BCUT2D eigenvalue weighted by Gasteiger charge is 2.42. The minimum atomic E-state index is -1.52. The average Bonchev–Trinajstić information content (AvgIpc) is 1.62. The number of carbonyl (C=O) groups excluding carboxylic acids is 13. The number of nitrogens with one attached hydrogen (secondary N) is 17. The molecule has 0 unspecified atom stereocenters. The van der Waals surface area contributed by atoms with Crippen molar-refractivity contribution in [2.45, 2.75) is 215 Å². The van der Waals surface area contributed by atoms with Gasteiger partial charge in [-0.3, -0.25) is 88.7 Å². The summed E-state index contributed by atoms with van der Waals surface area (Å²) in [5.41, 5.74) is 41.0. The molecule has 1 aromatic heterocycles. The van der Waals surface area contributed by atoms with Crippen molar-refractivity contribution in [3.63, 3.8) is 0 Å². The zero-order chi connectivity index (χ0) is 90.4. The predicted octanol–water partition coefficient (Wildman–Crippen LogP) is -3.54. The second-order valence-corrected chi connectivity index (χ2v) is 32.1. The SMILES string of the molecule is CC[C@H](C)[C@H](NC(=O)[C@H](CCCNC(=N)N)NC(=O)[C@H](CCCNC(=N)N)NC(=O)[C@H](CC(C)C)NC(=O)[C@H](Cc1ccccc1)NC(=O)CNC(=O)CNC(=O)[C@@H](N)Cc1ccc(O)cc1)C(=O)N[C@@H](CCCNC(=N)N)C(=O)N1CCC[C@H]1C(=O)N[C@@H](CCCCN)C(=O)N[C@@H](CSSc1ncccc1[N+](=O)[O-])C(=O)N[C@@H](CCCCN)C(N)=O. The predicted molar refractivity (Wildman–Crippen MR) is 459 cm³/mol. The number of likely N-dealkylation sites (tertiary alicyclic amines) is 1. The number of unbranched alkanes of at least 4 members (excludes halogenated alkanes) is 2. The van der Waals surface area contributed by atoms with Crippen LogP contribution < -0.4 is 115 Å². The molecule has 32 N–H and O–H groups in total. The molecule has 1 saturated heterocycles. The number of amides is 13. The summed E-state index contributed by atoms with van der Waals surface area (Å²) in [6, 6.07) is 2.21. The van der Waals surface area contributed by atoms with Crippen LogP contribution in [0.2, 0.25) is 0 Å². The number of nitrogens with two attached hydrogens (primary N) is 7. The Bertz CT molecular complexity index is 3990. The molecule has 1 aliphatic rings. The maximum absolute atomic E-state index is 15.2. The van der Waals surface area contributed by atoms with E-state index in [1.54, 1.807) is 70.2 Å². The topological polar surface area (TPSA) is 724 Å². The standard InChI is InChI=1S/C77H123N27O16S2/c1-5-45(4)62(72(117)99-54(24-15-36-91-77(86)87)74(118)103-37-17-26-58(103)71(116)98-51(21-10-12-32-79)66(111)101-57(70(115)95-50(63(81)108)20-9-11-31-78)43-121-122-73-59(104(119)120)25-16-33-88-73)102-67(112)53(23-14-35-90-76(84)85)96-65(110)52(22-13-34-89-75(82)83)97-68(113)55(38-44(2)3)100-69(114)56(40-46-18-7-6-8-19-46)94-61(107)42-92-60(106)41-93-64(109)49(80)39-47-27-29-48(105)30-28-47/h6-8,16,18-19,25,27-30,33,44-45,49-58,62,105H,5,9-15,17,20-24,26,31-32,34-43,78-80H2,1-4H3,(H2,81,108)(H,92,106)(H,93,109)(H,94,107)(H,95,115)(H,96,110)(H,97,113)(H,98,116)(H,99,117)(H,100,114)(H,101,111)(H,102,112)(H4,82,83,89)(H4,84,85,90)(H4,86,87,91)/t45-,49-,50-,51-,52-,53-,54-,55-,56-,57-,58-,62-/m0/s1. The molecule has 4 rings (SSSR count). The number of aromatic nitrogens is 1. The van der Waals surface area contributed by atoms with E-state index >= 15 is 14.4 Å². The Balaban J connectivity index is 1.63. The van der Waals surface area contributed by atoms with Crippen LogP contribution in [0.1, 0.15) is 142 Å². The summed E-state index contributed by atoms with van der Waals surface area (Å²) in [6.07, 6.45) is 3.31. The first kappa shape index (κ1) is 103. The third kappa shape index (κ3) is 38.3. The monoisotopic (exact) mass is 1750 g/mol. The van der Waals surface area contributed by atoms with E-state index in [-0.39, 0.29) is 157 Å². The van der Waals surface area contributed by atoms with E-state index in [2.05, 4.69) is 79.4 Å². The zero-order valence-electron chi connectivity index (χ0n) is 69.3. The van der Waals surface area contributed by atoms with Crippen molar-refractivity contribution in [1.82, 2.24) is 84.3 Å². The summed E-state index contributed by atoms with van der Waals surface area (Å²) in [7, 11) is 1.78. The average molecular weight is 1750 g/mol. The van der Waals surface area contributed by atoms with Gasteiger partial charge in [0.1, 0.15) is 66.2 Å². The lowest BCUT2D eigenvalue weighted by atomic mass is 9.96. The Hall–Kier alpha value is -11.7. The van der Waals surface area contributed by atoms with Crippen LogP contribution in [0.15, 0.2) is 78.0 Å². The fourth-order valence-corrected chi connectivity index (χ4v) is 14.9. The van der Waals surface area contributed by atoms with E-state index in [1.165, 1.54) is 35.4 Å². The Morgan fingerprint density at radius 1 is 0.541 bits per heavy atom. The molecule has 0 radical (unpaired) electrons. The molecule has 122 heavy (non-hydrogen) atoms. The van der Waals surface area contributed by atoms with Gasteiger partial charge in [0.05, 0.1) is 24.1 Å². The Morgan fingerprint density at radius 2 is 1.02 bits per heavy atom. The van der Waals surface area contributed by atoms with Gasteiger partial charge in [-0.2, -0.15) is 0 Å². The molecule has 0 aliphatic carbocycles. The summed E-state index contributed by atoms with van der Waals surface area (Å²) in [5.74, 6) is -13.2. The van der Waals surface area contributed by atoms with Crippen LogP contribution in [0.3, 0.4) is 0 Å². The highest BCUT2D eigenvalue weighted by atomic mass is 33.1. The van der Waals surface area contributed by atoms with Crippen LogP contribution in [0.5, 0.6) is 5.75 Å². The first-order valence-corrected chi connectivity index (χ1v) is 42.8. The van der Waals surface area contributed by atoms with Gasteiger partial charge in [0.25, 0.3) is 0 Å². The number of benzene rings is 2. The number of phenolic OH excluding ortho intramolecular Hbond substituents is 1. The van der Waals surface area contributed by atoms with E-state index in [1.807, 2.05) is 0 Å². The van der Waals surface area contributed by atoms with Gasteiger partial charge in [-0.1, -0.05) is 87.4 Å². The van der Waals surface area contributed by atoms with Crippen molar-refractivity contribution >= 4 is 122 Å². The van der Waals surface area contributed by atoms with Crippen LogP contribution in [0.4, 0.5) is 5.69 Å². The van der Waals surface area contributed by atoms with Gasteiger partial charge in [-0.25, -0.2) is 4.98 Å². The molecule has 43 nitrogen and oxygen atoms in total. The van der Waals surface area contributed by atoms with Crippen molar-refractivity contribution in [3.05, 3.63) is 94.2 Å². The van der Waals surface area contributed by atoms with Crippen molar-refractivity contribution in [2.24, 2.45) is 52.0 Å². The van der Waals surface area contributed by atoms with Crippen molar-refractivity contribution in [2.75, 3.05) is 58.1 Å². The summed E-state index contributed by atoms with van der Waals surface area (Å²) >= 11 is 0. The molecule has 0 bridgehead atoms. The molecular formula is C77H123N27O16S2. The summed E-state index contributed by atoms with van der Waals surface area (Å²) < 4.78 is 0. The largest absolute Gasteiger partial charge is 0.508 e. The van der Waals surface area contributed by atoms with E-state index < -0.39 is 185 Å². The number of rotatable bonds is 57. The van der Waals surface area contributed by atoms with Crippen LogP contribution in [-0.4, -0.2) is 239 Å². The molecule has 674 valence electrons. The maximum atomic E-state index is 15.2. The quantitative estimate of drug-likeness (QED) is 0.00650. The number of guanidine groups is 3. The third-order valence-electron chi connectivity index (χ3n) is 19.5. The smallest absolute Gasteiger partial charge is 0.302 e. The molecule has 1 fully saturated rings. The number of primary amides is 1. The molecule has 0 spiro atoms. The van der Waals surface area contributed by atoms with Gasteiger partial charge in [0.2, 0.25) is 76.8 Å². The van der Waals surface area contributed by atoms with Crippen LogP contribution in [0, 0.1) is 38.2 Å². The molecule has 45 heteroatoms. The Labute approximate surface area is 716 Å². The second kappa shape index (κ2) is 55.3. The number of hydrogen-bond donors (Lipinski definition) is 25. The molecule has 2 aromatic carbocycles. The van der Waals surface area contributed by atoms with Crippen LogP contribution in [0.25, 0.3) is 0 Å². The molecule has 1 aliphatic heterocycles. The minimum absolute atomic E-state index is 0.00696. The second-order valence-electron chi connectivity index (χ2n) is 29.8. The van der Waals surface area contributed by atoms with Crippen molar-refractivity contribution in [3.8, 4) is 5.75 Å². The molecule has 3 aromatic rings. The fourth-order valence-electron chi connectivity index (χ4n) is 12.7. The third-order valence-corrected chi connectivity index (χ3v) is 21.8. The number of nitrogens with zero attached hydrogens (tertiary/aromatic N) is 3. The molecule has 0 saturated carbocycles. The van der Waals surface area contributed by atoms with Gasteiger partial charge in [0, 0.05) is 50.6 Å². The summed E-state index contributed by atoms with van der Waals surface area (Å²) in [4.78, 5) is 201. The van der Waals surface area contributed by atoms with E-state index in [0.717, 1.165) is 21.6 Å². The first-order valence-electron chi connectivity index (χ1n) is 40.5. The van der Waals surface area contributed by atoms with Gasteiger partial charge in [-0.05, 0) is 168 Å². The van der Waals surface area contributed by atoms with Gasteiger partial charge < -0.3 is 125 Å². The lowest BCUT2D eigenvalue weighted by Gasteiger charge is -2.32. The van der Waals surface area contributed by atoms with E-state index in [9.17, 15) is 63.2 Å². The fraction of sp³-hybridized carbons (Fsp3) is 0.571. The van der Waals surface area contributed by atoms with Gasteiger partial charge in [0.15, 0.2) is 22.9 Å². The summed E-state index contributed by atoms with van der Waals surface area (Å²) in [5, 5.41) is 81.9. The van der Waals surface area contributed by atoms with Crippen molar-refractivity contribution < 1.29 is 72.4 Å². The van der Waals surface area contributed by atoms with Crippen LogP contribution in [-0.2, 0) is 75.2 Å². The Morgan fingerprint density at radius 3 is 1.57 bits per heavy atom. The lowest BCUT2D eigenvalue weighted by molar-refractivity contribution is -0.388. The minimum Gasteiger partial charge on any atom is -0.508 e. The number of carbonyl (C=O) groups is 13. The van der Waals surface area contributed by atoms with Gasteiger partial charge in [-0.15, -0.1) is 0 Å². The van der Waals surface area contributed by atoms with E-state index in [4.69, 9.17) is 56.4 Å².